The Labute approximate surface area is 174 Å². The van der Waals surface area contributed by atoms with Crippen molar-refractivity contribution >= 4 is 56.4 Å². The molecule has 0 saturated heterocycles. The zero-order valence-electron chi connectivity index (χ0n) is 15.0. The zero-order chi connectivity index (χ0) is 20.4. The molecule has 0 heterocycles. The molecule has 0 radical (unpaired) electrons. The summed E-state index contributed by atoms with van der Waals surface area (Å²) in [6, 6.07) is 7.35. The molecule has 2 aromatic rings. The van der Waals surface area contributed by atoms with Gasteiger partial charge < -0.3 is 5.32 Å². The Morgan fingerprint density at radius 2 is 1.63 bits per heavy atom. The maximum Gasteiger partial charge on any atom is 0.257 e. The molecule has 0 aliphatic carbocycles. The van der Waals surface area contributed by atoms with Crippen LogP contribution in [-0.4, -0.2) is 31.7 Å². The Hall–Kier alpha value is -1.31. The van der Waals surface area contributed by atoms with Gasteiger partial charge in [0.25, 0.3) is 5.91 Å². The monoisotopic (exact) mass is 448 g/mol. The highest BCUT2D eigenvalue weighted by molar-refractivity contribution is 7.89. The summed E-state index contributed by atoms with van der Waals surface area (Å²) in [7, 11) is -3.73. The standard InChI is InChI=1S/C18H19Cl3N2O3S/c1-4-23(5-2)27(25,26)12-7-9-14(19)13(10-12)18(24)22-17-15(20)8-6-11(3)16(17)21/h6-10H,4-5H2,1-3H3,(H,22,24). The first-order chi connectivity index (χ1) is 12.6. The second-order valence-electron chi connectivity index (χ2n) is 5.74. The van der Waals surface area contributed by atoms with Crippen LogP contribution in [0.1, 0.15) is 29.8 Å². The molecule has 1 N–H and O–H groups in total. The van der Waals surface area contributed by atoms with Crippen molar-refractivity contribution in [3.8, 4) is 0 Å². The van der Waals surface area contributed by atoms with Crippen LogP contribution in [0.25, 0.3) is 0 Å². The van der Waals surface area contributed by atoms with Crippen molar-refractivity contribution in [2.45, 2.75) is 25.7 Å². The van der Waals surface area contributed by atoms with Crippen molar-refractivity contribution in [2.24, 2.45) is 0 Å². The van der Waals surface area contributed by atoms with Crippen molar-refractivity contribution in [1.29, 1.82) is 0 Å². The molecule has 9 heteroatoms. The van der Waals surface area contributed by atoms with Gasteiger partial charge in [0, 0.05) is 13.1 Å². The molecule has 0 aromatic heterocycles. The third kappa shape index (κ3) is 4.58. The van der Waals surface area contributed by atoms with Gasteiger partial charge in [0.15, 0.2) is 0 Å². The summed E-state index contributed by atoms with van der Waals surface area (Å²) in [4.78, 5) is 12.7. The number of carbonyl (C=O) groups excluding carboxylic acids is 1. The Bertz CT molecular complexity index is 974. The summed E-state index contributed by atoms with van der Waals surface area (Å²) in [6.07, 6.45) is 0. The van der Waals surface area contributed by atoms with E-state index < -0.39 is 15.9 Å². The molecule has 146 valence electrons. The highest BCUT2D eigenvalue weighted by Crippen LogP contribution is 2.34. The maximum absolute atomic E-state index is 12.7. The van der Waals surface area contributed by atoms with Crippen LogP contribution in [0.15, 0.2) is 35.2 Å². The van der Waals surface area contributed by atoms with E-state index in [-0.39, 0.29) is 26.2 Å². The van der Waals surface area contributed by atoms with Crippen LogP contribution in [0.3, 0.4) is 0 Å². The van der Waals surface area contributed by atoms with Gasteiger partial charge in [0.05, 0.1) is 31.2 Å². The number of hydrogen-bond donors (Lipinski definition) is 1. The maximum atomic E-state index is 12.7. The van der Waals surface area contributed by atoms with Crippen LogP contribution in [0, 0.1) is 6.92 Å². The third-order valence-corrected chi connectivity index (χ3v) is 7.23. The molecule has 0 spiro atoms. The number of hydrogen-bond acceptors (Lipinski definition) is 3. The van der Waals surface area contributed by atoms with Crippen molar-refractivity contribution < 1.29 is 13.2 Å². The highest BCUT2D eigenvalue weighted by Gasteiger charge is 2.24. The number of halogens is 3. The van der Waals surface area contributed by atoms with Crippen molar-refractivity contribution in [3.05, 3.63) is 56.5 Å². The third-order valence-electron chi connectivity index (χ3n) is 4.05. The SMILES string of the molecule is CCN(CC)S(=O)(=O)c1ccc(Cl)c(C(=O)Nc2c(Cl)ccc(C)c2Cl)c1. The minimum Gasteiger partial charge on any atom is -0.319 e. The molecule has 2 aromatic carbocycles. The molecule has 0 saturated carbocycles. The van der Waals surface area contributed by atoms with Gasteiger partial charge in [0.1, 0.15) is 0 Å². The predicted molar refractivity (Wildman–Crippen MR) is 111 cm³/mol. The van der Waals surface area contributed by atoms with E-state index >= 15 is 0 Å². The number of nitrogens with zero attached hydrogens (tertiary/aromatic N) is 1. The predicted octanol–water partition coefficient (Wildman–Crippen LogP) is 5.24. The fourth-order valence-electron chi connectivity index (χ4n) is 2.50. The summed E-state index contributed by atoms with van der Waals surface area (Å²) >= 11 is 18.5. The van der Waals surface area contributed by atoms with Crippen LogP contribution in [-0.2, 0) is 10.0 Å². The first-order valence-corrected chi connectivity index (χ1v) is 10.8. The molecular formula is C18H19Cl3N2O3S. The molecule has 27 heavy (non-hydrogen) atoms. The number of aryl methyl sites for hydroxylation is 1. The van der Waals surface area contributed by atoms with E-state index in [1.165, 1.54) is 22.5 Å². The Balaban J connectivity index is 2.45. The summed E-state index contributed by atoms with van der Waals surface area (Å²) in [5, 5.41) is 3.30. The van der Waals surface area contributed by atoms with Crippen molar-refractivity contribution in [3.63, 3.8) is 0 Å². The van der Waals surface area contributed by atoms with Crippen LogP contribution >= 0.6 is 34.8 Å². The second-order valence-corrected chi connectivity index (χ2v) is 8.87. The van der Waals surface area contributed by atoms with E-state index in [0.29, 0.717) is 18.1 Å². The number of amides is 1. The lowest BCUT2D eigenvalue weighted by atomic mass is 10.2. The number of anilines is 1. The molecule has 0 bridgehead atoms. The van der Waals surface area contributed by atoms with Crippen molar-refractivity contribution in [1.82, 2.24) is 4.31 Å². The van der Waals surface area contributed by atoms with Crippen LogP contribution in [0.5, 0.6) is 0 Å². The second kappa shape index (κ2) is 8.80. The number of benzene rings is 2. The molecule has 2 rings (SSSR count). The minimum atomic E-state index is -3.73. The summed E-state index contributed by atoms with van der Waals surface area (Å²) in [6.45, 7) is 5.90. The number of sulfonamides is 1. The van der Waals surface area contributed by atoms with E-state index in [9.17, 15) is 13.2 Å². The van der Waals surface area contributed by atoms with Gasteiger partial charge in [-0.25, -0.2) is 8.42 Å². The summed E-state index contributed by atoms with van der Waals surface area (Å²) in [5.74, 6) is -0.606. The first-order valence-electron chi connectivity index (χ1n) is 8.19. The van der Waals surface area contributed by atoms with E-state index in [4.69, 9.17) is 34.8 Å². The van der Waals surface area contributed by atoms with E-state index in [0.717, 1.165) is 5.56 Å². The normalized spacial score (nSPS) is 11.7. The van der Waals surface area contributed by atoms with Gasteiger partial charge >= 0.3 is 0 Å². The molecule has 1 amide bonds. The summed E-state index contributed by atoms with van der Waals surface area (Å²) < 4.78 is 26.7. The Morgan fingerprint density at radius 3 is 2.22 bits per heavy atom. The molecule has 0 aliphatic heterocycles. The van der Waals surface area contributed by atoms with Gasteiger partial charge in [-0.3, -0.25) is 4.79 Å². The Morgan fingerprint density at radius 1 is 1.04 bits per heavy atom. The topological polar surface area (TPSA) is 66.5 Å². The molecular weight excluding hydrogens is 431 g/mol. The zero-order valence-corrected chi connectivity index (χ0v) is 18.1. The smallest absolute Gasteiger partial charge is 0.257 e. The average Bonchev–Trinajstić information content (AvgIpc) is 2.62. The van der Waals surface area contributed by atoms with E-state index in [2.05, 4.69) is 5.32 Å². The lowest BCUT2D eigenvalue weighted by molar-refractivity contribution is 0.102. The summed E-state index contributed by atoms with van der Waals surface area (Å²) in [5.41, 5.74) is 0.996. The highest BCUT2D eigenvalue weighted by atomic mass is 35.5. The van der Waals surface area contributed by atoms with Crippen LogP contribution in [0.2, 0.25) is 15.1 Å². The van der Waals surface area contributed by atoms with Gasteiger partial charge in [-0.15, -0.1) is 0 Å². The minimum absolute atomic E-state index is 0.0119. The van der Waals surface area contributed by atoms with E-state index in [1.807, 2.05) is 0 Å². The average molecular weight is 450 g/mol. The molecule has 0 unspecified atom stereocenters. The van der Waals surface area contributed by atoms with Crippen molar-refractivity contribution in [2.75, 3.05) is 18.4 Å². The van der Waals surface area contributed by atoms with Gasteiger partial charge in [0.2, 0.25) is 10.0 Å². The Kier molecular flexibility index (Phi) is 7.16. The largest absolute Gasteiger partial charge is 0.319 e. The van der Waals surface area contributed by atoms with Crippen LogP contribution < -0.4 is 5.32 Å². The fourth-order valence-corrected chi connectivity index (χ4v) is 4.66. The van der Waals surface area contributed by atoms with Gasteiger partial charge in [-0.1, -0.05) is 54.7 Å². The molecule has 0 fully saturated rings. The first kappa shape index (κ1) is 22.0. The fraction of sp³-hybridized carbons (Fsp3) is 0.278. The molecule has 0 atom stereocenters. The number of rotatable bonds is 6. The lowest BCUT2D eigenvalue weighted by Crippen LogP contribution is -2.30. The number of nitrogens with one attached hydrogen (secondary N) is 1. The quantitative estimate of drug-likeness (QED) is 0.656. The van der Waals surface area contributed by atoms with Gasteiger partial charge in [-0.2, -0.15) is 4.31 Å². The van der Waals surface area contributed by atoms with E-state index in [1.54, 1.807) is 32.9 Å². The lowest BCUT2D eigenvalue weighted by Gasteiger charge is -2.19. The number of carbonyl (C=O) groups is 1. The van der Waals surface area contributed by atoms with Crippen LogP contribution in [0.4, 0.5) is 5.69 Å². The molecule has 0 aliphatic rings. The van der Waals surface area contributed by atoms with Gasteiger partial charge in [-0.05, 0) is 36.8 Å². The molecule has 5 nitrogen and oxygen atoms in total.